The van der Waals surface area contributed by atoms with E-state index in [1.165, 1.54) is 54.2 Å². The average molecular weight is 405 g/mol. The van der Waals surface area contributed by atoms with Crippen molar-refractivity contribution < 1.29 is 4.57 Å². The predicted molar refractivity (Wildman–Crippen MR) is 127 cm³/mol. The molecule has 1 aliphatic carbocycles. The molecule has 0 unspecified atom stereocenters. The topological polar surface area (TPSA) is 3.88 Å². The SMILES string of the molecule is C[n+]1c(-c2ccccc2)cc(-c2ccccc2)c2c1-c1sc3ccccc3c1CC2. The van der Waals surface area contributed by atoms with Crippen LogP contribution in [0.3, 0.4) is 0 Å². The Kier molecular flexibility index (Phi) is 4.07. The minimum atomic E-state index is 1.08. The molecule has 6 rings (SSSR count). The fourth-order valence-corrected chi connectivity index (χ4v) is 6.22. The van der Waals surface area contributed by atoms with E-state index in [0.717, 1.165) is 12.8 Å². The number of hydrogen-bond donors (Lipinski definition) is 0. The van der Waals surface area contributed by atoms with E-state index in [1.54, 1.807) is 0 Å². The zero-order valence-electron chi connectivity index (χ0n) is 16.9. The van der Waals surface area contributed by atoms with Gasteiger partial charge >= 0.3 is 0 Å². The Labute approximate surface area is 180 Å². The van der Waals surface area contributed by atoms with Crippen molar-refractivity contribution in [3.8, 4) is 33.0 Å². The number of rotatable bonds is 2. The average Bonchev–Trinajstić information content (AvgIpc) is 3.19. The minimum Gasteiger partial charge on any atom is -0.193 e. The summed E-state index contributed by atoms with van der Waals surface area (Å²) in [5, 5.41) is 1.43. The van der Waals surface area contributed by atoms with E-state index in [4.69, 9.17) is 0 Å². The van der Waals surface area contributed by atoms with Crippen LogP contribution in [0.15, 0.2) is 91.0 Å². The third kappa shape index (κ3) is 2.64. The lowest BCUT2D eigenvalue weighted by Gasteiger charge is -2.20. The highest BCUT2D eigenvalue weighted by Gasteiger charge is 2.32. The number of aromatic nitrogens is 1. The molecule has 0 fully saturated rings. The molecule has 0 bridgehead atoms. The molecule has 0 radical (unpaired) electrons. The van der Waals surface area contributed by atoms with Crippen molar-refractivity contribution >= 4 is 21.4 Å². The van der Waals surface area contributed by atoms with Gasteiger partial charge < -0.3 is 0 Å². The van der Waals surface area contributed by atoms with Crippen LogP contribution in [0, 0.1) is 0 Å². The molecular weight excluding hydrogens is 382 g/mol. The van der Waals surface area contributed by atoms with Crippen molar-refractivity contribution in [2.24, 2.45) is 7.05 Å². The smallest absolute Gasteiger partial charge is 0.193 e. The third-order valence-electron chi connectivity index (χ3n) is 6.28. The van der Waals surface area contributed by atoms with Crippen LogP contribution in [-0.2, 0) is 19.9 Å². The molecule has 5 aromatic rings. The lowest BCUT2D eigenvalue weighted by atomic mass is 9.86. The van der Waals surface area contributed by atoms with E-state index in [9.17, 15) is 0 Å². The molecule has 0 N–H and O–H groups in total. The summed E-state index contributed by atoms with van der Waals surface area (Å²) in [6, 6.07) is 32.9. The highest BCUT2D eigenvalue weighted by atomic mass is 32.1. The van der Waals surface area contributed by atoms with Crippen molar-refractivity contribution in [2.75, 3.05) is 0 Å². The molecule has 0 aliphatic heterocycles. The van der Waals surface area contributed by atoms with Crippen molar-refractivity contribution in [3.63, 3.8) is 0 Å². The molecule has 30 heavy (non-hydrogen) atoms. The maximum atomic E-state index is 2.42. The van der Waals surface area contributed by atoms with Crippen LogP contribution in [0.5, 0.6) is 0 Å². The van der Waals surface area contributed by atoms with Crippen LogP contribution in [0.4, 0.5) is 0 Å². The maximum Gasteiger partial charge on any atom is 0.227 e. The normalized spacial score (nSPS) is 12.6. The van der Waals surface area contributed by atoms with Gasteiger partial charge in [0.2, 0.25) is 11.4 Å². The second kappa shape index (κ2) is 6.93. The summed E-state index contributed by atoms with van der Waals surface area (Å²) >= 11 is 1.94. The lowest BCUT2D eigenvalue weighted by molar-refractivity contribution is -0.649. The summed E-state index contributed by atoms with van der Waals surface area (Å²) in [7, 11) is 2.23. The van der Waals surface area contributed by atoms with E-state index in [-0.39, 0.29) is 0 Å². The fourth-order valence-electron chi connectivity index (χ4n) is 4.86. The molecule has 1 aliphatic rings. The Morgan fingerprint density at radius 3 is 2.10 bits per heavy atom. The van der Waals surface area contributed by atoms with Crippen molar-refractivity contribution in [1.82, 2.24) is 0 Å². The largest absolute Gasteiger partial charge is 0.227 e. The van der Waals surface area contributed by atoms with E-state index >= 15 is 0 Å². The van der Waals surface area contributed by atoms with Gasteiger partial charge in [-0.05, 0) is 53.1 Å². The molecule has 2 aromatic heterocycles. The Bertz CT molecular complexity index is 1380. The Morgan fingerprint density at radius 1 is 0.700 bits per heavy atom. The van der Waals surface area contributed by atoms with Gasteiger partial charge in [-0.1, -0.05) is 66.7 Å². The quantitative estimate of drug-likeness (QED) is 0.284. The van der Waals surface area contributed by atoms with Gasteiger partial charge in [-0.15, -0.1) is 11.3 Å². The van der Waals surface area contributed by atoms with Gasteiger partial charge in [-0.2, -0.15) is 4.57 Å². The summed E-state index contributed by atoms with van der Waals surface area (Å²) in [4.78, 5) is 1.44. The Balaban J connectivity index is 1.71. The Morgan fingerprint density at radius 2 is 1.33 bits per heavy atom. The van der Waals surface area contributed by atoms with E-state index in [2.05, 4.69) is 103 Å². The first-order valence-electron chi connectivity index (χ1n) is 10.5. The molecule has 3 aromatic carbocycles. The Hall–Kier alpha value is -3.23. The second-order valence-corrected chi connectivity index (χ2v) is 9.02. The molecule has 0 saturated carbocycles. The first kappa shape index (κ1) is 17.6. The minimum absolute atomic E-state index is 1.08. The summed E-state index contributed by atoms with van der Waals surface area (Å²) in [6.45, 7) is 0. The van der Waals surface area contributed by atoms with Crippen molar-refractivity contribution in [3.05, 3.63) is 102 Å². The van der Waals surface area contributed by atoms with E-state index in [0.29, 0.717) is 0 Å². The molecule has 2 heterocycles. The monoisotopic (exact) mass is 404 g/mol. The highest BCUT2D eigenvalue weighted by molar-refractivity contribution is 7.22. The van der Waals surface area contributed by atoms with Crippen molar-refractivity contribution in [1.29, 1.82) is 0 Å². The number of aryl methyl sites for hydroxylation is 1. The number of hydrogen-bond acceptors (Lipinski definition) is 1. The van der Waals surface area contributed by atoms with Crippen LogP contribution < -0.4 is 4.57 Å². The predicted octanol–water partition coefficient (Wildman–Crippen LogP) is 6.83. The molecule has 0 saturated heterocycles. The van der Waals surface area contributed by atoms with Crippen LogP contribution in [0.1, 0.15) is 11.1 Å². The van der Waals surface area contributed by atoms with Gasteiger partial charge in [0.25, 0.3) is 0 Å². The van der Waals surface area contributed by atoms with Crippen LogP contribution >= 0.6 is 11.3 Å². The maximum absolute atomic E-state index is 2.42. The zero-order valence-corrected chi connectivity index (χ0v) is 17.7. The molecule has 0 amide bonds. The highest BCUT2D eigenvalue weighted by Crippen LogP contribution is 2.45. The van der Waals surface area contributed by atoms with Crippen LogP contribution in [0.2, 0.25) is 0 Å². The molecular formula is C28H22NS+. The van der Waals surface area contributed by atoms with Crippen LogP contribution in [-0.4, -0.2) is 0 Å². The number of fused-ring (bicyclic) bond motifs is 5. The third-order valence-corrected chi connectivity index (χ3v) is 7.50. The van der Waals surface area contributed by atoms with E-state index in [1.807, 2.05) is 11.3 Å². The van der Waals surface area contributed by atoms with Crippen molar-refractivity contribution in [2.45, 2.75) is 12.8 Å². The first-order valence-corrected chi connectivity index (χ1v) is 11.3. The zero-order chi connectivity index (χ0) is 20.1. The molecule has 0 atom stereocenters. The fraction of sp³-hybridized carbons (Fsp3) is 0.107. The van der Waals surface area contributed by atoms with Gasteiger partial charge in [-0.25, -0.2) is 0 Å². The summed E-state index contributed by atoms with van der Waals surface area (Å²) in [5.41, 5.74) is 9.57. The van der Waals surface area contributed by atoms with Gasteiger partial charge in [0.05, 0.1) is 0 Å². The van der Waals surface area contributed by atoms with Gasteiger partial charge in [-0.3, -0.25) is 0 Å². The lowest BCUT2D eigenvalue weighted by Crippen LogP contribution is -2.36. The number of pyridine rings is 1. The summed E-state index contributed by atoms with van der Waals surface area (Å²) in [5.74, 6) is 0. The van der Waals surface area contributed by atoms with Gasteiger partial charge in [0.1, 0.15) is 11.9 Å². The number of benzene rings is 3. The molecule has 0 spiro atoms. The second-order valence-electron chi connectivity index (χ2n) is 7.97. The number of nitrogens with zero attached hydrogens (tertiary/aromatic N) is 1. The molecule has 2 heteroatoms. The van der Waals surface area contributed by atoms with Crippen LogP contribution in [0.25, 0.3) is 43.0 Å². The van der Waals surface area contributed by atoms with Gasteiger partial charge in [0, 0.05) is 21.9 Å². The summed E-state index contributed by atoms with van der Waals surface area (Å²) < 4.78 is 3.81. The van der Waals surface area contributed by atoms with E-state index < -0.39 is 0 Å². The first-order chi connectivity index (χ1) is 14.8. The molecule has 1 nitrogen and oxygen atoms in total. The standard InChI is InChI=1S/C28H22NS/c1-29-25(20-12-6-3-7-13-20)18-24(19-10-4-2-5-11-19)22-16-17-23-21-14-8-9-15-26(21)30-28(23)27(22)29/h2-15,18H,16-17H2,1H3/q+1. The summed E-state index contributed by atoms with van der Waals surface area (Å²) in [6.07, 6.45) is 2.19. The number of thiophene rings is 1. The van der Waals surface area contributed by atoms with Gasteiger partial charge in [0.15, 0.2) is 0 Å². The molecule has 144 valence electrons.